The first-order valence-electron chi connectivity index (χ1n) is 12.4. The van der Waals surface area contributed by atoms with Crippen molar-refractivity contribution in [1.29, 1.82) is 0 Å². The van der Waals surface area contributed by atoms with Crippen LogP contribution in [-0.4, -0.2) is 55.8 Å². The van der Waals surface area contributed by atoms with Gasteiger partial charge in [-0.05, 0) is 25.1 Å². The normalized spacial score (nSPS) is 23.6. The third-order valence-electron chi connectivity index (χ3n) is 6.31. The van der Waals surface area contributed by atoms with Crippen LogP contribution >= 0.6 is 12.2 Å². The first-order chi connectivity index (χ1) is 14.6. The SMILES string of the molecule is CCCCCCCCCCCCCCCNC(=S)N[C@@H]1C[C@H](COC)C(O)[C@@H]1OC. The quantitative estimate of drug-likeness (QED) is 0.205. The zero-order valence-electron chi connectivity index (χ0n) is 19.8. The smallest absolute Gasteiger partial charge is 0.166 e. The minimum Gasteiger partial charge on any atom is -0.390 e. The van der Waals surface area contributed by atoms with E-state index in [0.717, 1.165) is 19.4 Å². The van der Waals surface area contributed by atoms with Crippen LogP contribution in [0.15, 0.2) is 0 Å². The van der Waals surface area contributed by atoms with Gasteiger partial charge in [0.25, 0.3) is 0 Å². The van der Waals surface area contributed by atoms with Crippen LogP contribution in [0.5, 0.6) is 0 Å². The van der Waals surface area contributed by atoms with E-state index in [2.05, 4.69) is 17.6 Å². The monoisotopic (exact) mass is 444 g/mol. The molecule has 0 amide bonds. The van der Waals surface area contributed by atoms with Gasteiger partial charge in [-0.25, -0.2) is 0 Å². The summed E-state index contributed by atoms with van der Waals surface area (Å²) >= 11 is 5.44. The van der Waals surface area contributed by atoms with Crippen molar-refractivity contribution in [3.63, 3.8) is 0 Å². The highest BCUT2D eigenvalue weighted by Crippen LogP contribution is 2.29. The molecule has 1 aliphatic rings. The Labute approximate surface area is 191 Å². The van der Waals surface area contributed by atoms with Crippen molar-refractivity contribution in [2.24, 2.45) is 5.92 Å². The van der Waals surface area contributed by atoms with Gasteiger partial charge in [0.2, 0.25) is 0 Å². The molecule has 0 aromatic rings. The fourth-order valence-electron chi connectivity index (χ4n) is 4.50. The Morgan fingerprint density at radius 1 is 0.900 bits per heavy atom. The molecule has 1 unspecified atom stereocenters. The van der Waals surface area contributed by atoms with Crippen molar-refractivity contribution in [3.05, 3.63) is 0 Å². The highest BCUT2D eigenvalue weighted by Gasteiger charge is 2.42. The molecule has 0 aromatic carbocycles. The van der Waals surface area contributed by atoms with Crippen LogP contribution in [0.1, 0.15) is 96.8 Å². The number of rotatable bonds is 18. The molecule has 3 N–H and O–H groups in total. The zero-order valence-corrected chi connectivity index (χ0v) is 20.6. The molecule has 1 aliphatic carbocycles. The van der Waals surface area contributed by atoms with Crippen molar-refractivity contribution in [2.45, 2.75) is 115 Å². The molecule has 5 nitrogen and oxygen atoms in total. The molecule has 0 heterocycles. The van der Waals surface area contributed by atoms with Crippen LogP contribution in [-0.2, 0) is 9.47 Å². The Balaban J connectivity index is 1.96. The minimum absolute atomic E-state index is 0.0248. The summed E-state index contributed by atoms with van der Waals surface area (Å²) in [7, 11) is 3.30. The zero-order chi connectivity index (χ0) is 22.0. The molecular weight excluding hydrogens is 396 g/mol. The average Bonchev–Trinajstić information content (AvgIpc) is 3.02. The summed E-state index contributed by atoms with van der Waals surface area (Å²) in [6.45, 7) is 3.72. The lowest BCUT2D eigenvalue weighted by Crippen LogP contribution is -2.48. The number of aliphatic hydroxyl groups is 1. The predicted octanol–water partition coefficient (Wildman–Crippen LogP) is 4.95. The van der Waals surface area contributed by atoms with Gasteiger partial charge in [-0.15, -0.1) is 0 Å². The van der Waals surface area contributed by atoms with E-state index in [1.54, 1.807) is 14.2 Å². The maximum absolute atomic E-state index is 10.4. The fraction of sp³-hybridized carbons (Fsp3) is 0.958. The summed E-state index contributed by atoms with van der Waals surface area (Å²) in [5, 5.41) is 17.7. The van der Waals surface area contributed by atoms with Gasteiger partial charge in [0.05, 0.1) is 18.8 Å². The maximum atomic E-state index is 10.4. The van der Waals surface area contributed by atoms with Crippen molar-refractivity contribution in [1.82, 2.24) is 10.6 Å². The minimum atomic E-state index is -0.517. The second-order valence-electron chi connectivity index (χ2n) is 8.89. The number of unbranched alkanes of at least 4 members (excludes halogenated alkanes) is 12. The summed E-state index contributed by atoms with van der Waals surface area (Å²) in [5.41, 5.74) is 0. The second kappa shape index (κ2) is 18.2. The van der Waals surface area contributed by atoms with Crippen molar-refractivity contribution >= 4 is 17.3 Å². The Morgan fingerprint density at radius 2 is 1.43 bits per heavy atom. The van der Waals surface area contributed by atoms with E-state index in [4.69, 9.17) is 21.7 Å². The van der Waals surface area contributed by atoms with Crippen LogP contribution < -0.4 is 10.6 Å². The van der Waals surface area contributed by atoms with Crippen LogP contribution in [0, 0.1) is 5.92 Å². The Kier molecular flexibility index (Phi) is 16.7. The van der Waals surface area contributed by atoms with Gasteiger partial charge in [0.1, 0.15) is 6.10 Å². The molecule has 1 rings (SSSR count). The first kappa shape index (κ1) is 27.6. The molecule has 0 bridgehead atoms. The van der Waals surface area contributed by atoms with Crippen LogP contribution in [0.25, 0.3) is 0 Å². The molecule has 30 heavy (non-hydrogen) atoms. The lowest BCUT2D eigenvalue weighted by atomic mass is 10.0. The second-order valence-corrected chi connectivity index (χ2v) is 9.30. The van der Waals surface area contributed by atoms with Gasteiger partial charge in [-0.3, -0.25) is 0 Å². The number of hydrogen-bond acceptors (Lipinski definition) is 4. The van der Waals surface area contributed by atoms with E-state index in [1.165, 1.54) is 77.0 Å². The summed E-state index contributed by atoms with van der Waals surface area (Å²) in [6.07, 6.45) is 17.8. The van der Waals surface area contributed by atoms with Gasteiger partial charge >= 0.3 is 0 Å². The molecule has 0 aliphatic heterocycles. The number of aliphatic hydroxyl groups excluding tert-OH is 1. The molecule has 1 saturated carbocycles. The third-order valence-corrected chi connectivity index (χ3v) is 6.57. The lowest BCUT2D eigenvalue weighted by Gasteiger charge is -2.23. The molecule has 0 saturated heterocycles. The number of hydrogen-bond donors (Lipinski definition) is 3. The largest absolute Gasteiger partial charge is 0.390 e. The Hall–Kier alpha value is -0.430. The Bertz CT molecular complexity index is 425. The summed E-state index contributed by atoms with van der Waals surface area (Å²) in [5.74, 6) is 0.0845. The number of methoxy groups -OCH3 is 2. The van der Waals surface area contributed by atoms with E-state index in [9.17, 15) is 5.11 Å². The van der Waals surface area contributed by atoms with Crippen LogP contribution in [0.3, 0.4) is 0 Å². The summed E-state index contributed by atoms with van der Waals surface area (Å²) in [6, 6.07) is 0.0248. The average molecular weight is 445 g/mol. The number of nitrogens with one attached hydrogen (secondary N) is 2. The van der Waals surface area contributed by atoms with E-state index >= 15 is 0 Å². The molecule has 6 heteroatoms. The Morgan fingerprint density at radius 3 is 1.93 bits per heavy atom. The van der Waals surface area contributed by atoms with Gasteiger partial charge < -0.3 is 25.2 Å². The summed E-state index contributed by atoms with van der Waals surface area (Å²) in [4.78, 5) is 0. The molecular formula is C24H48N2O3S. The molecule has 4 atom stereocenters. The van der Waals surface area contributed by atoms with E-state index in [-0.39, 0.29) is 18.1 Å². The standard InChI is InChI=1S/C24H48N2O3S/c1-4-5-6-7-8-9-10-11-12-13-14-15-16-17-25-24(30)26-21-18-20(19-28-2)22(27)23(21)29-3/h20-23,27H,4-19H2,1-3H3,(H2,25,26,30)/t20-,21-,22?,23-/m1/s1. The van der Waals surface area contributed by atoms with Gasteiger partial charge in [-0.1, -0.05) is 84.0 Å². The van der Waals surface area contributed by atoms with Gasteiger partial charge in [0.15, 0.2) is 5.11 Å². The van der Waals surface area contributed by atoms with Gasteiger partial charge in [-0.2, -0.15) is 0 Å². The van der Waals surface area contributed by atoms with E-state index in [0.29, 0.717) is 11.7 Å². The molecule has 1 fully saturated rings. The fourth-order valence-corrected chi connectivity index (χ4v) is 4.75. The molecule has 0 spiro atoms. The molecule has 178 valence electrons. The highest BCUT2D eigenvalue weighted by molar-refractivity contribution is 7.80. The van der Waals surface area contributed by atoms with Crippen molar-refractivity contribution in [3.8, 4) is 0 Å². The van der Waals surface area contributed by atoms with Gasteiger partial charge in [0, 0.05) is 26.7 Å². The first-order valence-corrected chi connectivity index (χ1v) is 12.8. The predicted molar refractivity (Wildman–Crippen MR) is 130 cm³/mol. The topological polar surface area (TPSA) is 62.8 Å². The number of thiocarbonyl (C=S) groups is 1. The lowest BCUT2D eigenvalue weighted by molar-refractivity contribution is -0.0273. The highest BCUT2D eigenvalue weighted by atomic mass is 32.1. The molecule has 0 radical (unpaired) electrons. The van der Waals surface area contributed by atoms with Crippen molar-refractivity contribution in [2.75, 3.05) is 27.4 Å². The maximum Gasteiger partial charge on any atom is 0.166 e. The van der Waals surface area contributed by atoms with E-state index in [1.807, 2.05) is 0 Å². The third kappa shape index (κ3) is 11.8. The van der Waals surface area contributed by atoms with Crippen LogP contribution in [0.4, 0.5) is 0 Å². The van der Waals surface area contributed by atoms with Crippen molar-refractivity contribution < 1.29 is 14.6 Å². The summed E-state index contributed by atoms with van der Waals surface area (Å²) < 4.78 is 10.7. The molecule has 0 aromatic heterocycles. The van der Waals surface area contributed by atoms with Crippen LogP contribution in [0.2, 0.25) is 0 Å². The number of ether oxygens (including phenoxy) is 2. The van der Waals surface area contributed by atoms with E-state index < -0.39 is 6.10 Å².